The number of fused-ring (bicyclic) bond motifs is 1. The normalized spacial score (nSPS) is 11.7. The van der Waals surface area contributed by atoms with Gasteiger partial charge in [0.15, 0.2) is 0 Å². The number of rotatable bonds is 8. The monoisotopic (exact) mass is 567 g/mol. The van der Waals surface area contributed by atoms with Gasteiger partial charge in [0.05, 0.1) is 22.6 Å². The lowest BCUT2D eigenvalue weighted by Gasteiger charge is -2.26. The molecular weight excluding hydrogens is 535 g/mol. The van der Waals surface area contributed by atoms with Crippen molar-refractivity contribution in [2.45, 2.75) is 26.9 Å². The number of carbonyl (C=O) groups is 2. The fourth-order valence-electron chi connectivity index (χ4n) is 4.73. The Morgan fingerprint density at radius 1 is 1.07 bits per heavy atom. The Balaban J connectivity index is 1.78. The van der Waals surface area contributed by atoms with Gasteiger partial charge in [0.1, 0.15) is 5.56 Å². The van der Waals surface area contributed by atoms with E-state index < -0.39 is 11.7 Å². The van der Waals surface area contributed by atoms with E-state index in [4.69, 9.17) is 0 Å². The molecule has 12 heteroatoms. The predicted octanol–water partition coefficient (Wildman–Crippen LogP) is 5.58. The van der Waals surface area contributed by atoms with Crippen molar-refractivity contribution in [3.63, 3.8) is 0 Å². The number of carbonyl (C=O) groups excluding carboxylic acids is 2. The molecule has 0 spiro atoms. The van der Waals surface area contributed by atoms with Crippen LogP contribution in [0.15, 0.2) is 48.8 Å². The van der Waals surface area contributed by atoms with Gasteiger partial charge in [-0.2, -0.15) is 13.2 Å². The van der Waals surface area contributed by atoms with Gasteiger partial charge in [-0.05, 0) is 44.8 Å². The Morgan fingerprint density at radius 3 is 2.44 bits per heavy atom. The maximum Gasteiger partial charge on any atom is 0.419 e. The summed E-state index contributed by atoms with van der Waals surface area (Å²) in [6, 6.07) is 10.3. The van der Waals surface area contributed by atoms with Crippen LogP contribution in [-0.4, -0.2) is 58.4 Å². The number of alkyl halides is 3. The van der Waals surface area contributed by atoms with E-state index in [1.165, 1.54) is 13.8 Å². The molecule has 0 bridgehead atoms. The van der Waals surface area contributed by atoms with E-state index in [9.17, 15) is 22.8 Å². The molecule has 0 aliphatic rings. The summed E-state index contributed by atoms with van der Waals surface area (Å²) in [4.78, 5) is 36.2. The molecule has 0 saturated carbocycles. The van der Waals surface area contributed by atoms with Crippen LogP contribution in [0.25, 0.3) is 22.2 Å². The van der Waals surface area contributed by atoms with E-state index >= 15 is 0 Å². The first-order valence-corrected chi connectivity index (χ1v) is 12.9. The molecule has 4 aromatic rings. The van der Waals surface area contributed by atoms with Crippen LogP contribution in [0, 0.1) is 6.92 Å². The van der Waals surface area contributed by atoms with Crippen LogP contribution >= 0.6 is 0 Å². The molecule has 4 rings (SSSR count). The zero-order chi connectivity index (χ0) is 30.1. The standard InChI is InChI=1S/C29H32F3N7O2/c1-17-8-7-9-21-22(16-38(6)27(17)21)26-23(29(30,31)32)15-33-28(36-26)35-20-10-11-25(24(14-20)34-18(2)40)39(19(3)41)13-12-37(4)5/h7-11,14-16H,12-13H2,1-6H3,(H,34,40)(H,33,35,36). The maximum atomic E-state index is 14.1. The summed E-state index contributed by atoms with van der Waals surface area (Å²) in [6.07, 6.45) is -2.28. The number of aromatic nitrogens is 3. The molecule has 2 heterocycles. The van der Waals surface area contributed by atoms with Crippen LogP contribution in [0.3, 0.4) is 0 Å². The predicted molar refractivity (Wildman–Crippen MR) is 154 cm³/mol. The minimum absolute atomic E-state index is 0.0600. The number of hydrogen-bond donors (Lipinski definition) is 2. The molecule has 0 saturated heterocycles. The summed E-state index contributed by atoms with van der Waals surface area (Å²) in [7, 11) is 5.55. The van der Waals surface area contributed by atoms with E-state index in [0.717, 1.165) is 17.3 Å². The van der Waals surface area contributed by atoms with Gasteiger partial charge in [0.2, 0.25) is 17.8 Å². The van der Waals surface area contributed by atoms with E-state index in [1.807, 2.05) is 32.0 Å². The first kappa shape index (κ1) is 29.5. The number of nitrogens with one attached hydrogen (secondary N) is 2. The average molecular weight is 568 g/mol. The highest BCUT2D eigenvalue weighted by atomic mass is 19.4. The van der Waals surface area contributed by atoms with Crippen LogP contribution < -0.4 is 15.5 Å². The smallest absolute Gasteiger partial charge is 0.350 e. The third-order valence-corrected chi connectivity index (χ3v) is 6.56. The highest BCUT2D eigenvalue weighted by Gasteiger charge is 2.36. The van der Waals surface area contributed by atoms with E-state index in [-0.39, 0.29) is 23.5 Å². The van der Waals surface area contributed by atoms with Crippen LogP contribution in [-0.2, 0) is 22.8 Å². The van der Waals surface area contributed by atoms with Crippen LogP contribution in [0.5, 0.6) is 0 Å². The van der Waals surface area contributed by atoms with Gasteiger partial charge in [-0.1, -0.05) is 18.2 Å². The average Bonchev–Trinajstić information content (AvgIpc) is 3.21. The van der Waals surface area contributed by atoms with E-state index in [2.05, 4.69) is 20.6 Å². The Labute approximate surface area is 236 Å². The number of nitrogens with zero attached hydrogens (tertiary/aromatic N) is 5. The fourth-order valence-corrected chi connectivity index (χ4v) is 4.73. The van der Waals surface area contributed by atoms with E-state index in [1.54, 1.807) is 53.0 Å². The first-order valence-electron chi connectivity index (χ1n) is 12.9. The van der Waals surface area contributed by atoms with Crippen molar-refractivity contribution in [3.8, 4) is 11.3 Å². The van der Waals surface area contributed by atoms with Gasteiger partial charge in [0, 0.05) is 63.0 Å². The van der Waals surface area contributed by atoms with Gasteiger partial charge in [-0.15, -0.1) is 0 Å². The lowest BCUT2D eigenvalue weighted by atomic mass is 10.0. The summed E-state index contributed by atoms with van der Waals surface area (Å²) in [5.74, 6) is -0.616. The molecular formula is C29H32F3N7O2. The number of benzene rings is 2. The molecule has 2 aromatic heterocycles. The highest BCUT2D eigenvalue weighted by molar-refractivity contribution is 6.01. The number of aryl methyl sites for hydroxylation is 2. The zero-order valence-corrected chi connectivity index (χ0v) is 23.7. The quantitative estimate of drug-likeness (QED) is 0.289. The van der Waals surface area contributed by atoms with Crippen molar-refractivity contribution >= 4 is 45.7 Å². The highest BCUT2D eigenvalue weighted by Crippen LogP contribution is 2.40. The third kappa shape index (κ3) is 6.49. The lowest BCUT2D eigenvalue weighted by molar-refractivity contribution is -0.137. The van der Waals surface area contributed by atoms with Crippen LogP contribution in [0.4, 0.5) is 36.2 Å². The molecule has 2 N–H and O–H groups in total. The van der Waals surface area contributed by atoms with Crippen molar-refractivity contribution < 1.29 is 22.8 Å². The minimum atomic E-state index is -4.68. The van der Waals surface area contributed by atoms with Crippen molar-refractivity contribution in [2.24, 2.45) is 7.05 Å². The zero-order valence-electron chi connectivity index (χ0n) is 23.7. The van der Waals surface area contributed by atoms with Gasteiger partial charge in [-0.3, -0.25) is 9.59 Å². The second kappa shape index (κ2) is 11.6. The molecule has 0 unspecified atom stereocenters. The van der Waals surface area contributed by atoms with E-state index in [0.29, 0.717) is 41.1 Å². The van der Waals surface area contributed by atoms with Gasteiger partial charge < -0.3 is 25.0 Å². The second-order valence-electron chi connectivity index (χ2n) is 10.1. The summed E-state index contributed by atoms with van der Waals surface area (Å²) < 4.78 is 44.0. The molecule has 0 fully saturated rings. The summed E-state index contributed by atoms with van der Waals surface area (Å²) in [5.41, 5.74) is 2.11. The third-order valence-electron chi connectivity index (χ3n) is 6.56. The van der Waals surface area contributed by atoms with Gasteiger partial charge in [0.25, 0.3) is 0 Å². The number of amides is 2. The molecule has 216 valence electrons. The maximum absolute atomic E-state index is 14.1. The molecule has 2 amide bonds. The molecule has 0 atom stereocenters. The van der Waals surface area contributed by atoms with Crippen molar-refractivity contribution in [3.05, 3.63) is 59.9 Å². The molecule has 41 heavy (non-hydrogen) atoms. The Bertz CT molecular complexity index is 1610. The molecule has 2 aromatic carbocycles. The van der Waals surface area contributed by atoms with Gasteiger partial charge in [-0.25, -0.2) is 9.97 Å². The number of likely N-dealkylation sites (N-methyl/N-ethyl adjacent to an activating group) is 1. The summed E-state index contributed by atoms with van der Waals surface area (Å²) >= 11 is 0. The Hall–Kier alpha value is -4.45. The SMILES string of the molecule is CC(=O)Nc1cc(Nc2ncc(C(F)(F)F)c(-c3cn(C)c4c(C)cccc34)n2)ccc1N(CCN(C)C)C(C)=O. The van der Waals surface area contributed by atoms with Crippen molar-refractivity contribution in [1.29, 1.82) is 0 Å². The Morgan fingerprint density at radius 2 is 1.80 bits per heavy atom. The Kier molecular flexibility index (Phi) is 8.34. The molecule has 0 radical (unpaired) electrons. The summed E-state index contributed by atoms with van der Waals surface area (Å²) in [6.45, 7) is 5.66. The largest absolute Gasteiger partial charge is 0.419 e. The number of halogens is 3. The number of hydrogen-bond acceptors (Lipinski definition) is 6. The number of para-hydroxylation sites is 1. The second-order valence-corrected chi connectivity index (χ2v) is 10.1. The van der Waals surface area contributed by atoms with Crippen molar-refractivity contribution in [2.75, 3.05) is 42.7 Å². The topological polar surface area (TPSA) is 95.4 Å². The molecule has 0 aliphatic heterocycles. The molecule has 9 nitrogen and oxygen atoms in total. The minimum Gasteiger partial charge on any atom is -0.350 e. The summed E-state index contributed by atoms with van der Waals surface area (Å²) in [5, 5.41) is 6.34. The van der Waals surface area contributed by atoms with Gasteiger partial charge >= 0.3 is 6.18 Å². The van der Waals surface area contributed by atoms with Crippen LogP contribution in [0.1, 0.15) is 25.0 Å². The lowest BCUT2D eigenvalue weighted by Crippen LogP contribution is -2.35. The van der Waals surface area contributed by atoms with Crippen molar-refractivity contribution in [1.82, 2.24) is 19.4 Å². The van der Waals surface area contributed by atoms with Crippen LogP contribution in [0.2, 0.25) is 0 Å². The number of anilines is 4. The fraction of sp³-hybridized carbons (Fsp3) is 0.310. The first-order chi connectivity index (χ1) is 19.3. The molecule has 0 aliphatic carbocycles.